The van der Waals surface area contributed by atoms with E-state index in [1.54, 1.807) is 4.90 Å². The summed E-state index contributed by atoms with van der Waals surface area (Å²) in [5, 5.41) is 0. The minimum atomic E-state index is -0.135. The highest BCUT2D eigenvalue weighted by atomic mass is 16.1. The zero-order chi connectivity index (χ0) is 12.1. The van der Waals surface area contributed by atoms with E-state index >= 15 is 0 Å². The van der Waals surface area contributed by atoms with Crippen LogP contribution in [0.3, 0.4) is 0 Å². The van der Waals surface area contributed by atoms with Crippen molar-refractivity contribution < 1.29 is 4.79 Å². The van der Waals surface area contributed by atoms with Gasteiger partial charge in [-0.1, -0.05) is 38.1 Å². The summed E-state index contributed by atoms with van der Waals surface area (Å²) in [6, 6.07) is 10.3. The van der Waals surface area contributed by atoms with Gasteiger partial charge in [-0.05, 0) is 17.4 Å². The van der Waals surface area contributed by atoms with E-state index in [1.807, 2.05) is 38.4 Å². The van der Waals surface area contributed by atoms with E-state index < -0.39 is 0 Å². The van der Waals surface area contributed by atoms with Gasteiger partial charge in [0.2, 0.25) is 5.78 Å². The molecule has 0 radical (unpaired) electrons. The molecule has 1 rings (SSSR count). The van der Waals surface area contributed by atoms with Crippen molar-refractivity contribution in [1.82, 2.24) is 4.90 Å². The summed E-state index contributed by atoms with van der Waals surface area (Å²) in [6.45, 7) is 4.26. The summed E-state index contributed by atoms with van der Waals surface area (Å²) in [4.78, 5) is 13.3. The summed E-state index contributed by atoms with van der Waals surface area (Å²) in [7, 11) is 3.62. The predicted octanol–water partition coefficient (Wildman–Crippen LogP) is 2.52. The molecular weight excluding hydrogens is 198 g/mol. The minimum Gasteiger partial charge on any atom is -0.338 e. The third-order valence-corrected chi connectivity index (χ3v) is 2.23. The molecule has 84 valence electrons. The molecule has 0 aliphatic heterocycles. The molecule has 16 heavy (non-hydrogen) atoms. The van der Waals surface area contributed by atoms with Crippen LogP contribution in [0, 0.1) is 12.0 Å². The van der Waals surface area contributed by atoms with Gasteiger partial charge in [0.1, 0.15) is 0 Å². The van der Waals surface area contributed by atoms with E-state index in [2.05, 4.69) is 25.8 Å². The molecule has 0 bridgehead atoms. The molecule has 0 aliphatic carbocycles. The molecule has 0 unspecified atom stereocenters. The second kappa shape index (κ2) is 5.37. The predicted molar refractivity (Wildman–Crippen MR) is 66.3 cm³/mol. The Morgan fingerprint density at radius 3 is 2.19 bits per heavy atom. The number of hydrogen-bond donors (Lipinski definition) is 0. The first-order valence-corrected chi connectivity index (χ1v) is 5.34. The molecule has 1 aromatic rings. The van der Waals surface area contributed by atoms with E-state index in [1.165, 1.54) is 5.56 Å². The van der Waals surface area contributed by atoms with Crippen LogP contribution in [-0.2, 0) is 0 Å². The Bertz CT molecular complexity index is 418. The highest BCUT2D eigenvalue weighted by Crippen LogP contribution is 2.14. The zero-order valence-corrected chi connectivity index (χ0v) is 10.2. The van der Waals surface area contributed by atoms with E-state index in [0.29, 0.717) is 11.5 Å². The fourth-order valence-corrected chi connectivity index (χ4v) is 1.25. The van der Waals surface area contributed by atoms with Crippen LogP contribution in [0.25, 0.3) is 0 Å². The SMILES string of the molecule is CC(C)c1ccc(C(=O)C#CN(C)C)cc1. The maximum atomic E-state index is 11.6. The standard InChI is InChI=1S/C14H17NO/c1-11(2)12-5-7-13(8-6-12)14(16)9-10-15(3)4/h5-8,11H,1-4H3. The topological polar surface area (TPSA) is 20.3 Å². The molecular formula is C14H17NO. The largest absolute Gasteiger partial charge is 0.338 e. The van der Waals surface area contributed by atoms with Crippen molar-refractivity contribution in [3.05, 3.63) is 35.4 Å². The molecule has 2 heteroatoms. The zero-order valence-electron chi connectivity index (χ0n) is 10.2. The number of nitrogens with zero attached hydrogens (tertiary/aromatic N) is 1. The molecule has 0 heterocycles. The Hall–Kier alpha value is -1.75. The van der Waals surface area contributed by atoms with Gasteiger partial charge in [0, 0.05) is 25.7 Å². The van der Waals surface area contributed by atoms with Crippen LogP contribution < -0.4 is 0 Å². The molecule has 0 aromatic heterocycles. The Morgan fingerprint density at radius 2 is 1.75 bits per heavy atom. The van der Waals surface area contributed by atoms with Crippen LogP contribution in [0.1, 0.15) is 35.7 Å². The van der Waals surface area contributed by atoms with Gasteiger partial charge in [-0.3, -0.25) is 4.79 Å². The molecule has 0 spiro atoms. The molecule has 0 aliphatic rings. The van der Waals surface area contributed by atoms with Crippen molar-refractivity contribution in [2.24, 2.45) is 0 Å². The van der Waals surface area contributed by atoms with Crippen LogP contribution in [0.2, 0.25) is 0 Å². The molecule has 2 nitrogen and oxygen atoms in total. The quantitative estimate of drug-likeness (QED) is 0.429. The van der Waals surface area contributed by atoms with E-state index in [9.17, 15) is 4.79 Å². The number of Topliss-reactive ketones (excluding diaryl/α,β-unsaturated/α-hetero) is 1. The maximum absolute atomic E-state index is 11.6. The highest BCUT2D eigenvalue weighted by molar-refractivity contribution is 6.08. The van der Waals surface area contributed by atoms with Gasteiger partial charge in [0.05, 0.1) is 0 Å². The Balaban J connectivity index is 2.83. The van der Waals surface area contributed by atoms with Gasteiger partial charge in [-0.25, -0.2) is 0 Å². The average Bonchev–Trinajstić information content (AvgIpc) is 2.26. The van der Waals surface area contributed by atoms with Crippen molar-refractivity contribution in [1.29, 1.82) is 0 Å². The molecule has 0 saturated carbocycles. The van der Waals surface area contributed by atoms with Crippen LogP contribution >= 0.6 is 0 Å². The van der Waals surface area contributed by atoms with Crippen LogP contribution in [0.15, 0.2) is 24.3 Å². The molecule has 0 saturated heterocycles. The molecule has 0 N–H and O–H groups in total. The Morgan fingerprint density at radius 1 is 1.19 bits per heavy atom. The first-order chi connectivity index (χ1) is 7.50. The van der Waals surface area contributed by atoms with E-state index in [0.717, 1.165) is 0 Å². The fourth-order valence-electron chi connectivity index (χ4n) is 1.25. The monoisotopic (exact) mass is 215 g/mol. The number of carbonyl (C=O) groups excluding carboxylic acids is 1. The van der Waals surface area contributed by atoms with Gasteiger partial charge in [0.15, 0.2) is 0 Å². The first-order valence-electron chi connectivity index (χ1n) is 5.34. The number of carbonyl (C=O) groups is 1. The maximum Gasteiger partial charge on any atom is 0.237 e. The normalized spacial score (nSPS) is 9.56. The molecule has 0 amide bonds. The second-order valence-corrected chi connectivity index (χ2v) is 4.24. The molecule has 0 fully saturated rings. The molecule has 0 atom stereocenters. The first kappa shape index (κ1) is 12.3. The summed E-state index contributed by atoms with van der Waals surface area (Å²) in [6.07, 6.45) is 0. The lowest BCUT2D eigenvalue weighted by Crippen LogP contribution is -2.03. The fraction of sp³-hybridized carbons (Fsp3) is 0.357. The number of hydrogen-bond acceptors (Lipinski definition) is 2. The smallest absolute Gasteiger partial charge is 0.237 e. The summed E-state index contributed by atoms with van der Waals surface area (Å²) in [5.74, 6) is 2.93. The highest BCUT2D eigenvalue weighted by Gasteiger charge is 2.03. The Labute approximate surface area is 97.3 Å². The van der Waals surface area contributed by atoms with Crippen molar-refractivity contribution >= 4 is 5.78 Å². The minimum absolute atomic E-state index is 0.135. The average molecular weight is 215 g/mol. The molecule has 1 aromatic carbocycles. The van der Waals surface area contributed by atoms with Gasteiger partial charge in [-0.15, -0.1) is 0 Å². The number of benzene rings is 1. The van der Waals surface area contributed by atoms with Crippen molar-refractivity contribution in [3.63, 3.8) is 0 Å². The lowest BCUT2D eigenvalue weighted by Gasteiger charge is -2.04. The summed E-state index contributed by atoms with van der Waals surface area (Å²) >= 11 is 0. The lowest BCUT2D eigenvalue weighted by atomic mass is 10.0. The van der Waals surface area contributed by atoms with Crippen molar-refractivity contribution in [3.8, 4) is 12.0 Å². The Kier molecular flexibility index (Phi) is 4.13. The number of rotatable bonds is 2. The van der Waals surface area contributed by atoms with E-state index in [-0.39, 0.29) is 5.78 Å². The van der Waals surface area contributed by atoms with Crippen LogP contribution in [0.4, 0.5) is 0 Å². The summed E-state index contributed by atoms with van der Waals surface area (Å²) in [5.41, 5.74) is 1.89. The van der Waals surface area contributed by atoms with Gasteiger partial charge < -0.3 is 4.90 Å². The van der Waals surface area contributed by atoms with E-state index in [4.69, 9.17) is 0 Å². The van der Waals surface area contributed by atoms with Crippen molar-refractivity contribution in [2.75, 3.05) is 14.1 Å². The van der Waals surface area contributed by atoms with Gasteiger partial charge >= 0.3 is 0 Å². The van der Waals surface area contributed by atoms with Gasteiger partial charge in [0.25, 0.3) is 0 Å². The summed E-state index contributed by atoms with van der Waals surface area (Å²) < 4.78 is 0. The third-order valence-electron chi connectivity index (χ3n) is 2.23. The second-order valence-electron chi connectivity index (χ2n) is 4.24. The van der Waals surface area contributed by atoms with Crippen LogP contribution in [0.5, 0.6) is 0 Å². The van der Waals surface area contributed by atoms with Crippen LogP contribution in [-0.4, -0.2) is 24.8 Å². The third kappa shape index (κ3) is 3.43. The van der Waals surface area contributed by atoms with Gasteiger partial charge in [-0.2, -0.15) is 0 Å². The number of ketones is 1. The lowest BCUT2D eigenvalue weighted by molar-refractivity contribution is 0.105. The van der Waals surface area contributed by atoms with Crippen molar-refractivity contribution in [2.45, 2.75) is 19.8 Å².